The summed E-state index contributed by atoms with van der Waals surface area (Å²) in [7, 11) is 0. The molecule has 1 rings (SSSR count). The van der Waals surface area contributed by atoms with Crippen LogP contribution in [0.25, 0.3) is 0 Å². The van der Waals surface area contributed by atoms with Crippen LogP contribution in [0.15, 0.2) is 18.2 Å². The van der Waals surface area contributed by atoms with Gasteiger partial charge in [0.25, 0.3) is 0 Å². The molecule has 0 aromatic heterocycles. The van der Waals surface area contributed by atoms with E-state index in [2.05, 4.69) is 12.2 Å². The van der Waals surface area contributed by atoms with E-state index in [1.165, 1.54) is 0 Å². The lowest BCUT2D eigenvalue weighted by atomic mass is 10.2. The topological polar surface area (TPSA) is 61.8 Å². The molecule has 0 spiro atoms. The van der Waals surface area contributed by atoms with E-state index in [-0.39, 0.29) is 6.04 Å². The molecule has 15 heavy (non-hydrogen) atoms. The Morgan fingerprint density at radius 3 is 2.80 bits per heavy atom. The van der Waals surface area contributed by atoms with E-state index in [4.69, 9.17) is 22.6 Å². The lowest BCUT2D eigenvalue weighted by molar-refractivity contribution is 0.704. The molecule has 0 bridgehead atoms. The molecule has 0 saturated heterocycles. The maximum Gasteiger partial charge on any atom is 0.101 e. The van der Waals surface area contributed by atoms with Crippen LogP contribution in [0, 0.1) is 11.3 Å². The minimum absolute atomic E-state index is 0.244. The Kier molecular flexibility index (Phi) is 4.41. The zero-order valence-electron chi connectivity index (χ0n) is 8.63. The molecular formula is C11H14ClN3. The van der Waals surface area contributed by atoms with Crippen molar-refractivity contribution in [3.05, 3.63) is 28.8 Å². The van der Waals surface area contributed by atoms with Crippen molar-refractivity contribution in [2.45, 2.75) is 19.4 Å². The Hall–Kier alpha value is -1.24. The van der Waals surface area contributed by atoms with Gasteiger partial charge in [0.05, 0.1) is 10.6 Å². The molecule has 3 nitrogen and oxygen atoms in total. The van der Waals surface area contributed by atoms with Gasteiger partial charge in [-0.25, -0.2) is 0 Å². The molecule has 1 unspecified atom stereocenters. The first-order valence-corrected chi connectivity index (χ1v) is 5.25. The number of nitrogens with zero attached hydrogens (tertiary/aromatic N) is 1. The van der Waals surface area contributed by atoms with E-state index in [0.717, 1.165) is 12.1 Å². The van der Waals surface area contributed by atoms with Crippen LogP contribution in [-0.4, -0.2) is 12.6 Å². The van der Waals surface area contributed by atoms with Crippen LogP contribution >= 0.6 is 11.6 Å². The maximum absolute atomic E-state index is 8.71. The number of nitriles is 1. The van der Waals surface area contributed by atoms with Crippen molar-refractivity contribution < 1.29 is 0 Å². The zero-order chi connectivity index (χ0) is 11.3. The van der Waals surface area contributed by atoms with Crippen molar-refractivity contribution in [1.82, 2.24) is 0 Å². The van der Waals surface area contributed by atoms with Gasteiger partial charge in [0.2, 0.25) is 0 Å². The summed E-state index contributed by atoms with van der Waals surface area (Å²) in [5, 5.41) is 12.4. The highest BCUT2D eigenvalue weighted by Gasteiger charge is 2.05. The molecule has 1 atom stereocenters. The second-order valence-corrected chi connectivity index (χ2v) is 3.70. The van der Waals surface area contributed by atoms with Crippen LogP contribution < -0.4 is 11.1 Å². The lowest BCUT2D eigenvalue weighted by Gasteiger charge is -2.16. The molecule has 0 saturated carbocycles. The summed E-state index contributed by atoms with van der Waals surface area (Å²) in [6.07, 6.45) is 0.953. The van der Waals surface area contributed by atoms with Crippen molar-refractivity contribution in [3.63, 3.8) is 0 Å². The third kappa shape index (κ3) is 3.12. The first-order valence-electron chi connectivity index (χ1n) is 4.87. The molecule has 0 aliphatic carbocycles. The van der Waals surface area contributed by atoms with Crippen LogP contribution in [0.4, 0.5) is 5.69 Å². The van der Waals surface area contributed by atoms with Crippen molar-refractivity contribution in [2.24, 2.45) is 5.73 Å². The van der Waals surface area contributed by atoms with Gasteiger partial charge in [0.1, 0.15) is 6.07 Å². The van der Waals surface area contributed by atoms with Crippen LogP contribution in [0.5, 0.6) is 0 Å². The largest absolute Gasteiger partial charge is 0.381 e. The van der Waals surface area contributed by atoms with Crippen molar-refractivity contribution in [2.75, 3.05) is 11.9 Å². The normalized spacial score (nSPS) is 11.9. The second kappa shape index (κ2) is 5.59. The zero-order valence-corrected chi connectivity index (χ0v) is 9.38. The summed E-state index contributed by atoms with van der Waals surface area (Å²) in [6, 6.07) is 7.55. The van der Waals surface area contributed by atoms with Crippen LogP contribution in [0.2, 0.25) is 5.02 Å². The minimum atomic E-state index is 0.244. The molecule has 0 aliphatic heterocycles. The van der Waals surface area contributed by atoms with Gasteiger partial charge in [-0.3, -0.25) is 0 Å². The standard InChI is InChI=1S/C11H14ClN3/c1-2-9(7-14)15-10-4-3-8(6-13)11(12)5-10/h3-5,9,15H,2,7,14H2,1H3. The first kappa shape index (κ1) is 11.8. The fourth-order valence-electron chi connectivity index (χ4n) is 1.26. The molecule has 0 heterocycles. The van der Waals surface area contributed by atoms with E-state index in [1.807, 2.05) is 12.1 Å². The summed E-state index contributed by atoms with van der Waals surface area (Å²) in [5.41, 5.74) is 6.97. The number of hydrogen-bond acceptors (Lipinski definition) is 3. The highest BCUT2D eigenvalue weighted by Crippen LogP contribution is 2.20. The monoisotopic (exact) mass is 223 g/mol. The summed E-state index contributed by atoms with van der Waals surface area (Å²) in [6.45, 7) is 2.64. The van der Waals surface area contributed by atoms with Gasteiger partial charge in [0, 0.05) is 18.3 Å². The molecule has 0 fully saturated rings. The van der Waals surface area contributed by atoms with Crippen LogP contribution in [-0.2, 0) is 0 Å². The van der Waals surface area contributed by atoms with Gasteiger partial charge in [-0.15, -0.1) is 0 Å². The number of anilines is 1. The summed E-state index contributed by atoms with van der Waals surface area (Å²) in [5.74, 6) is 0. The second-order valence-electron chi connectivity index (χ2n) is 3.29. The molecule has 4 heteroatoms. The number of hydrogen-bond donors (Lipinski definition) is 2. The smallest absolute Gasteiger partial charge is 0.101 e. The minimum Gasteiger partial charge on any atom is -0.381 e. The molecule has 0 radical (unpaired) electrons. The van der Waals surface area contributed by atoms with Crippen molar-refractivity contribution in [3.8, 4) is 6.07 Å². The molecule has 1 aromatic carbocycles. The van der Waals surface area contributed by atoms with E-state index >= 15 is 0 Å². The molecule has 1 aromatic rings. The fraction of sp³-hybridized carbons (Fsp3) is 0.364. The van der Waals surface area contributed by atoms with Gasteiger partial charge in [-0.2, -0.15) is 5.26 Å². The number of benzene rings is 1. The quantitative estimate of drug-likeness (QED) is 0.824. The van der Waals surface area contributed by atoms with E-state index in [0.29, 0.717) is 17.1 Å². The maximum atomic E-state index is 8.71. The van der Waals surface area contributed by atoms with Gasteiger partial charge in [0.15, 0.2) is 0 Å². The van der Waals surface area contributed by atoms with Crippen molar-refractivity contribution in [1.29, 1.82) is 5.26 Å². The number of rotatable bonds is 4. The Balaban J connectivity index is 2.80. The Bertz CT molecular complexity index is 367. The third-order valence-electron chi connectivity index (χ3n) is 2.24. The van der Waals surface area contributed by atoms with Crippen LogP contribution in [0.3, 0.4) is 0 Å². The SMILES string of the molecule is CCC(CN)Nc1ccc(C#N)c(Cl)c1. The van der Waals surface area contributed by atoms with E-state index in [9.17, 15) is 0 Å². The van der Waals surface area contributed by atoms with Crippen molar-refractivity contribution >= 4 is 17.3 Å². The van der Waals surface area contributed by atoms with Crippen LogP contribution in [0.1, 0.15) is 18.9 Å². The van der Waals surface area contributed by atoms with Gasteiger partial charge >= 0.3 is 0 Å². The average Bonchev–Trinajstić information content (AvgIpc) is 2.26. The number of halogens is 1. The molecule has 3 N–H and O–H groups in total. The number of nitrogens with one attached hydrogen (secondary N) is 1. The van der Waals surface area contributed by atoms with Gasteiger partial charge < -0.3 is 11.1 Å². The average molecular weight is 224 g/mol. The first-order chi connectivity index (χ1) is 7.21. The molecule has 0 aliphatic rings. The van der Waals surface area contributed by atoms with Gasteiger partial charge in [-0.05, 0) is 24.6 Å². The third-order valence-corrected chi connectivity index (χ3v) is 2.55. The predicted molar refractivity (Wildman–Crippen MR) is 62.9 cm³/mol. The highest BCUT2D eigenvalue weighted by atomic mass is 35.5. The lowest BCUT2D eigenvalue weighted by Crippen LogP contribution is -2.27. The Morgan fingerprint density at radius 1 is 1.60 bits per heavy atom. The molecular weight excluding hydrogens is 210 g/mol. The molecule has 0 amide bonds. The summed E-state index contributed by atoms with van der Waals surface area (Å²) >= 11 is 5.91. The van der Waals surface area contributed by atoms with E-state index < -0.39 is 0 Å². The number of nitrogens with two attached hydrogens (primary N) is 1. The highest BCUT2D eigenvalue weighted by molar-refractivity contribution is 6.32. The predicted octanol–water partition coefficient (Wildman–Crippen LogP) is 2.36. The molecule has 80 valence electrons. The van der Waals surface area contributed by atoms with E-state index in [1.54, 1.807) is 12.1 Å². The Labute approximate surface area is 94.8 Å². The summed E-state index contributed by atoms with van der Waals surface area (Å²) in [4.78, 5) is 0. The Morgan fingerprint density at radius 2 is 2.33 bits per heavy atom. The summed E-state index contributed by atoms with van der Waals surface area (Å²) < 4.78 is 0. The fourth-order valence-corrected chi connectivity index (χ4v) is 1.48. The van der Waals surface area contributed by atoms with Gasteiger partial charge in [-0.1, -0.05) is 18.5 Å².